The number of carbonyl (C=O) groups is 1. The number of carboxylic acid groups (broad SMARTS) is 1. The topological polar surface area (TPSA) is 111 Å². The number of aromatic amines is 1. The van der Waals surface area contributed by atoms with Crippen LogP contribution in [0.25, 0.3) is 22.6 Å². The van der Waals surface area contributed by atoms with Gasteiger partial charge in [0.05, 0.1) is 5.69 Å². The van der Waals surface area contributed by atoms with Crippen molar-refractivity contribution in [3.8, 4) is 22.6 Å². The first kappa shape index (κ1) is 24.1. The minimum atomic E-state index is -5.08. The first-order chi connectivity index (χ1) is 15.7. The van der Waals surface area contributed by atoms with Crippen LogP contribution in [0.15, 0.2) is 59.7 Å². The highest BCUT2D eigenvalue weighted by Crippen LogP contribution is 2.20. The van der Waals surface area contributed by atoms with Crippen molar-refractivity contribution in [3.05, 3.63) is 70.8 Å². The van der Waals surface area contributed by atoms with Crippen LogP contribution in [0.5, 0.6) is 0 Å². The highest BCUT2D eigenvalue weighted by molar-refractivity contribution is 5.73. The van der Waals surface area contributed by atoms with E-state index in [2.05, 4.69) is 37.3 Å². The number of pyridine rings is 1. The Kier molecular flexibility index (Phi) is 7.91. The lowest BCUT2D eigenvalue weighted by Crippen LogP contribution is -2.42. The molecule has 1 fully saturated rings. The van der Waals surface area contributed by atoms with Crippen molar-refractivity contribution in [2.24, 2.45) is 0 Å². The molecule has 0 amide bonds. The van der Waals surface area contributed by atoms with Gasteiger partial charge in [-0.3, -0.25) is 14.7 Å². The Hall–Kier alpha value is -3.57. The zero-order chi connectivity index (χ0) is 23.8. The van der Waals surface area contributed by atoms with Gasteiger partial charge in [-0.2, -0.15) is 13.2 Å². The Bertz CT molecular complexity index is 1130. The smallest absolute Gasteiger partial charge is 0.475 e. The van der Waals surface area contributed by atoms with Gasteiger partial charge in [-0.15, -0.1) is 0 Å². The average molecular weight is 461 g/mol. The summed E-state index contributed by atoms with van der Waals surface area (Å²) in [4.78, 5) is 35.1. The number of nitrogens with zero attached hydrogens (tertiary/aromatic N) is 3. The predicted molar refractivity (Wildman–Crippen MR) is 115 cm³/mol. The number of benzene rings is 1. The fourth-order valence-corrected chi connectivity index (χ4v) is 3.20. The number of piperazine rings is 1. The number of hydrogen-bond acceptors (Lipinski definition) is 6. The second kappa shape index (κ2) is 10.8. The van der Waals surface area contributed by atoms with Crippen LogP contribution >= 0.6 is 0 Å². The summed E-state index contributed by atoms with van der Waals surface area (Å²) in [7, 11) is 0. The van der Waals surface area contributed by atoms with Gasteiger partial charge in [-0.05, 0) is 23.8 Å². The Balaban J connectivity index is 0.000000383. The zero-order valence-corrected chi connectivity index (χ0v) is 17.5. The first-order valence-electron chi connectivity index (χ1n) is 10.1. The Morgan fingerprint density at radius 2 is 1.79 bits per heavy atom. The van der Waals surface area contributed by atoms with Crippen LogP contribution in [0, 0.1) is 0 Å². The fraction of sp³-hybridized carbons (Fsp3) is 0.273. The van der Waals surface area contributed by atoms with Crippen molar-refractivity contribution in [1.82, 2.24) is 25.2 Å². The molecule has 0 unspecified atom stereocenters. The molecule has 1 aromatic carbocycles. The molecule has 0 atom stereocenters. The third-order valence-electron chi connectivity index (χ3n) is 4.76. The van der Waals surface area contributed by atoms with Gasteiger partial charge in [-0.1, -0.05) is 18.2 Å². The summed E-state index contributed by atoms with van der Waals surface area (Å²) in [6.07, 6.45) is -1.66. The van der Waals surface area contributed by atoms with E-state index in [4.69, 9.17) is 9.90 Å². The Morgan fingerprint density at radius 1 is 1.09 bits per heavy atom. The molecule has 0 radical (unpaired) electrons. The number of nitrogens with one attached hydrogen (secondary N) is 2. The van der Waals surface area contributed by atoms with Crippen LogP contribution in [0.1, 0.15) is 5.56 Å². The van der Waals surface area contributed by atoms with Crippen LogP contribution in [0.3, 0.4) is 0 Å². The number of carboxylic acids is 1. The minimum absolute atomic E-state index is 0.165. The van der Waals surface area contributed by atoms with E-state index in [0.717, 1.165) is 43.9 Å². The molecule has 8 nitrogen and oxygen atoms in total. The van der Waals surface area contributed by atoms with Crippen LogP contribution in [-0.2, 0) is 11.3 Å². The van der Waals surface area contributed by atoms with Crippen LogP contribution in [0.2, 0.25) is 0 Å². The van der Waals surface area contributed by atoms with Crippen molar-refractivity contribution in [2.75, 3.05) is 26.2 Å². The molecule has 0 saturated carbocycles. The second-order valence-electron chi connectivity index (χ2n) is 7.25. The fourth-order valence-electron chi connectivity index (χ4n) is 3.20. The van der Waals surface area contributed by atoms with Crippen molar-refractivity contribution in [2.45, 2.75) is 12.7 Å². The van der Waals surface area contributed by atoms with Gasteiger partial charge in [0.2, 0.25) is 0 Å². The Labute approximate surface area is 187 Å². The van der Waals surface area contributed by atoms with Gasteiger partial charge in [0.25, 0.3) is 5.56 Å². The van der Waals surface area contributed by atoms with E-state index in [-0.39, 0.29) is 5.56 Å². The first-order valence-corrected chi connectivity index (χ1v) is 10.1. The summed E-state index contributed by atoms with van der Waals surface area (Å²) in [5, 5.41) is 10.5. The maximum absolute atomic E-state index is 12.1. The molecule has 1 aliphatic rings. The molecule has 2 aromatic heterocycles. The van der Waals surface area contributed by atoms with E-state index >= 15 is 0 Å². The van der Waals surface area contributed by atoms with Crippen LogP contribution in [-0.4, -0.2) is 63.3 Å². The lowest BCUT2D eigenvalue weighted by Gasteiger charge is -2.27. The summed E-state index contributed by atoms with van der Waals surface area (Å²) in [6.45, 7) is 5.07. The summed E-state index contributed by atoms with van der Waals surface area (Å²) < 4.78 is 31.7. The third-order valence-corrected chi connectivity index (χ3v) is 4.76. The van der Waals surface area contributed by atoms with Gasteiger partial charge in [0.15, 0.2) is 0 Å². The molecule has 0 spiro atoms. The number of aliphatic carboxylic acids is 1. The largest absolute Gasteiger partial charge is 0.490 e. The number of aromatic nitrogens is 3. The van der Waals surface area contributed by atoms with Crippen molar-refractivity contribution < 1.29 is 23.1 Å². The van der Waals surface area contributed by atoms with Crippen LogP contribution < -0.4 is 10.9 Å². The minimum Gasteiger partial charge on any atom is -0.475 e. The van der Waals surface area contributed by atoms with Crippen molar-refractivity contribution >= 4 is 5.97 Å². The highest BCUT2D eigenvalue weighted by Gasteiger charge is 2.38. The zero-order valence-electron chi connectivity index (χ0n) is 17.5. The SMILES string of the molecule is O=C(O)C(F)(F)F.O=c1cc(-c2cccnc2)nc(-c2cccc(CN3CCNCC3)c2)[nH]1. The predicted octanol–water partition coefficient (Wildman–Crippen LogP) is 2.54. The van der Waals surface area contributed by atoms with E-state index in [1.807, 2.05) is 24.3 Å². The molecule has 33 heavy (non-hydrogen) atoms. The number of rotatable bonds is 4. The van der Waals surface area contributed by atoms with Gasteiger partial charge in [0, 0.05) is 62.3 Å². The molecule has 1 aliphatic heterocycles. The Morgan fingerprint density at radius 3 is 2.42 bits per heavy atom. The van der Waals surface area contributed by atoms with E-state index < -0.39 is 12.1 Å². The molecule has 11 heteroatoms. The average Bonchev–Trinajstić information content (AvgIpc) is 2.80. The van der Waals surface area contributed by atoms with E-state index in [1.54, 1.807) is 12.4 Å². The van der Waals surface area contributed by atoms with Gasteiger partial charge in [-0.25, -0.2) is 9.78 Å². The van der Waals surface area contributed by atoms with E-state index in [9.17, 15) is 18.0 Å². The molecule has 0 aliphatic carbocycles. The molecule has 1 saturated heterocycles. The molecule has 3 N–H and O–H groups in total. The lowest BCUT2D eigenvalue weighted by atomic mass is 10.1. The summed E-state index contributed by atoms with van der Waals surface area (Å²) >= 11 is 0. The van der Waals surface area contributed by atoms with Gasteiger partial charge >= 0.3 is 12.1 Å². The van der Waals surface area contributed by atoms with Crippen molar-refractivity contribution in [1.29, 1.82) is 0 Å². The standard InChI is InChI=1S/C20H21N5O.C2HF3O2/c26-19-12-18(17-5-2-6-22-13-17)23-20(24-19)16-4-1-3-15(11-16)14-25-9-7-21-8-10-25;3-2(4,5)1(6)7/h1-6,11-13,21H,7-10,14H2,(H,23,24,26);(H,6,7). The third kappa shape index (κ3) is 7.22. The molecular weight excluding hydrogens is 439 g/mol. The summed E-state index contributed by atoms with van der Waals surface area (Å²) in [5.41, 5.74) is 3.43. The number of hydrogen-bond donors (Lipinski definition) is 3. The molecule has 4 rings (SSSR count). The number of halogens is 3. The molecular formula is C22H22F3N5O3. The van der Waals surface area contributed by atoms with Crippen LogP contribution in [0.4, 0.5) is 13.2 Å². The van der Waals surface area contributed by atoms with E-state index in [1.165, 1.54) is 11.6 Å². The van der Waals surface area contributed by atoms with E-state index in [0.29, 0.717) is 11.5 Å². The summed E-state index contributed by atoms with van der Waals surface area (Å²) in [5.74, 6) is -2.17. The second-order valence-corrected chi connectivity index (χ2v) is 7.25. The van der Waals surface area contributed by atoms with Gasteiger partial charge < -0.3 is 15.4 Å². The van der Waals surface area contributed by atoms with Gasteiger partial charge in [0.1, 0.15) is 5.82 Å². The highest BCUT2D eigenvalue weighted by atomic mass is 19.4. The maximum atomic E-state index is 12.1. The molecule has 3 aromatic rings. The molecule has 3 heterocycles. The molecule has 174 valence electrons. The summed E-state index contributed by atoms with van der Waals surface area (Å²) in [6, 6.07) is 13.5. The van der Waals surface area contributed by atoms with Crippen molar-refractivity contribution in [3.63, 3.8) is 0 Å². The maximum Gasteiger partial charge on any atom is 0.490 e. The number of H-pyrrole nitrogens is 1. The monoisotopic (exact) mass is 461 g/mol. The quantitative estimate of drug-likeness (QED) is 0.548. The normalized spacial score (nSPS) is 14.3. The molecule has 0 bridgehead atoms. The number of alkyl halides is 3. The lowest BCUT2D eigenvalue weighted by molar-refractivity contribution is -0.192.